The third kappa shape index (κ3) is 2.47. The quantitative estimate of drug-likeness (QED) is 0.782. The number of aliphatic carboxylic acids is 1. The first-order valence-electron chi connectivity index (χ1n) is 3.55. The molecule has 13 heavy (non-hydrogen) atoms. The van der Waals surface area contributed by atoms with Gasteiger partial charge >= 0.3 is 5.97 Å². The average Bonchev–Trinajstić information content (AvgIpc) is 2.03. The molecular weight excluding hydrogens is 180 g/mol. The maximum absolute atomic E-state index is 12.2. The van der Waals surface area contributed by atoms with Crippen molar-refractivity contribution in [1.82, 2.24) is 4.98 Å². The largest absolute Gasteiger partial charge is 0.481 e. The number of carbonyl (C=O) groups is 1. The van der Waals surface area contributed by atoms with Gasteiger partial charge in [-0.15, -0.1) is 0 Å². The second-order valence-electron chi connectivity index (χ2n) is 2.42. The number of rotatable bonds is 3. The van der Waals surface area contributed by atoms with Crippen molar-refractivity contribution in [2.24, 2.45) is 0 Å². The minimum Gasteiger partial charge on any atom is -0.481 e. The third-order valence-corrected chi connectivity index (χ3v) is 1.47. The van der Waals surface area contributed by atoms with Crippen molar-refractivity contribution in [1.29, 1.82) is 0 Å². The van der Waals surface area contributed by atoms with Crippen LogP contribution < -0.4 is 0 Å². The van der Waals surface area contributed by atoms with E-state index in [1.54, 1.807) is 0 Å². The van der Waals surface area contributed by atoms with E-state index in [-0.39, 0.29) is 5.56 Å². The van der Waals surface area contributed by atoms with Crippen molar-refractivity contribution >= 4 is 5.97 Å². The van der Waals surface area contributed by atoms with Gasteiger partial charge in [-0.05, 0) is 11.6 Å². The fourth-order valence-electron chi connectivity index (χ4n) is 0.960. The highest BCUT2D eigenvalue weighted by Gasteiger charge is 2.15. The van der Waals surface area contributed by atoms with Crippen LogP contribution in [0.3, 0.4) is 0 Å². The Morgan fingerprint density at radius 2 is 2.31 bits per heavy atom. The molecule has 0 unspecified atom stereocenters. The predicted octanol–water partition coefficient (Wildman–Crippen LogP) is 1.65. The standard InChI is InChI=1S/C8H7F2NO2/c9-8(10)7-5(4-6(12)13)2-1-3-11-7/h1-3,8H,4H2,(H,12,13). The number of hydrogen-bond donors (Lipinski definition) is 1. The van der Waals surface area contributed by atoms with Gasteiger partial charge in [0.1, 0.15) is 5.69 Å². The molecular formula is C8H7F2NO2. The molecule has 5 heteroatoms. The lowest BCUT2D eigenvalue weighted by Gasteiger charge is -2.03. The molecule has 1 aromatic heterocycles. The monoisotopic (exact) mass is 187 g/mol. The Hall–Kier alpha value is -1.52. The Balaban J connectivity index is 2.97. The summed E-state index contributed by atoms with van der Waals surface area (Å²) in [6, 6.07) is 2.77. The van der Waals surface area contributed by atoms with Gasteiger partial charge in [0.25, 0.3) is 6.43 Å². The Labute approximate surface area is 73.0 Å². The first-order valence-corrected chi connectivity index (χ1v) is 3.55. The fourth-order valence-corrected chi connectivity index (χ4v) is 0.960. The van der Waals surface area contributed by atoms with E-state index in [1.807, 2.05) is 0 Å². The number of pyridine rings is 1. The summed E-state index contributed by atoms with van der Waals surface area (Å²) in [6.07, 6.45) is -1.93. The van der Waals surface area contributed by atoms with Gasteiger partial charge in [0.2, 0.25) is 0 Å². The molecule has 0 atom stereocenters. The molecule has 0 aliphatic heterocycles. The van der Waals surface area contributed by atoms with Crippen LogP contribution in [0.2, 0.25) is 0 Å². The van der Waals surface area contributed by atoms with E-state index in [4.69, 9.17) is 5.11 Å². The first kappa shape index (κ1) is 9.57. The number of alkyl halides is 2. The lowest BCUT2D eigenvalue weighted by molar-refractivity contribution is -0.136. The number of carboxylic acids is 1. The molecule has 3 nitrogen and oxygen atoms in total. The van der Waals surface area contributed by atoms with Crippen molar-refractivity contribution in [3.63, 3.8) is 0 Å². The van der Waals surface area contributed by atoms with Gasteiger partial charge in [0, 0.05) is 6.20 Å². The van der Waals surface area contributed by atoms with Crippen LogP contribution in [0.15, 0.2) is 18.3 Å². The second kappa shape index (κ2) is 3.93. The highest BCUT2D eigenvalue weighted by Crippen LogP contribution is 2.20. The van der Waals surface area contributed by atoms with Gasteiger partial charge in [-0.1, -0.05) is 6.07 Å². The summed E-state index contributed by atoms with van der Waals surface area (Å²) in [6.45, 7) is 0. The normalized spacial score (nSPS) is 10.4. The molecule has 70 valence electrons. The Kier molecular flexibility index (Phi) is 2.89. The van der Waals surface area contributed by atoms with E-state index in [0.717, 1.165) is 0 Å². The highest BCUT2D eigenvalue weighted by molar-refractivity contribution is 5.70. The number of aromatic nitrogens is 1. The van der Waals surface area contributed by atoms with Crippen LogP contribution >= 0.6 is 0 Å². The van der Waals surface area contributed by atoms with Crippen LogP contribution in [0.25, 0.3) is 0 Å². The van der Waals surface area contributed by atoms with Crippen LogP contribution in [0, 0.1) is 0 Å². The molecule has 1 heterocycles. The lowest BCUT2D eigenvalue weighted by atomic mass is 10.1. The van der Waals surface area contributed by atoms with E-state index in [9.17, 15) is 13.6 Å². The average molecular weight is 187 g/mol. The maximum atomic E-state index is 12.2. The summed E-state index contributed by atoms with van der Waals surface area (Å²) in [5, 5.41) is 8.40. The van der Waals surface area contributed by atoms with Crippen molar-refractivity contribution < 1.29 is 18.7 Å². The maximum Gasteiger partial charge on any atom is 0.307 e. The summed E-state index contributed by atoms with van der Waals surface area (Å²) in [5.41, 5.74) is -0.394. The smallest absolute Gasteiger partial charge is 0.307 e. The molecule has 0 aliphatic carbocycles. The molecule has 0 fully saturated rings. The molecule has 0 saturated heterocycles. The molecule has 0 saturated carbocycles. The summed E-state index contributed by atoms with van der Waals surface area (Å²) >= 11 is 0. The van der Waals surface area contributed by atoms with Gasteiger partial charge in [0.05, 0.1) is 6.42 Å². The van der Waals surface area contributed by atoms with E-state index in [1.165, 1.54) is 18.3 Å². The first-order chi connectivity index (χ1) is 6.11. The molecule has 0 bridgehead atoms. The van der Waals surface area contributed by atoms with E-state index in [0.29, 0.717) is 0 Å². The van der Waals surface area contributed by atoms with Gasteiger partial charge in [0.15, 0.2) is 0 Å². The van der Waals surface area contributed by atoms with Crippen LogP contribution in [0.1, 0.15) is 17.7 Å². The van der Waals surface area contributed by atoms with E-state index >= 15 is 0 Å². The minimum atomic E-state index is -2.73. The fraction of sp³-hybridized carbons (Fsp3) is 0.250. The Bertz CT molecular complexity index is 315. The van der Waals surface area contributed by atoms with Crippen molar-refractivity contribution in [3.8, 4) is 0 Å². The van der Waals surface area contributed by atoms with Crippen molar-refractivity contribution in [2.75, 3.05) is 0 Å². The molecule has 0 radical (unpaired) electrons. The van der Waals surface area contributed by atoms with Gasteiger partial charge in [-0.25, -0.2) is 8.78 Å². The number of hydrogen-bond acceptors (Lipinski definition) is 2. The number of nitrogens with zero attached hydrogens (tertiary/aromatic N) is 1. The topological polar surface area (TPSA) is 50.2 Å². The van der Waals surface area contributed by atoms with E-state index in [2.05, 4.69) is 4.98 Å². The highest BCUT2D eigenvalue weighted by atomic mass is 19.3. The SMILES string of the molecule is O=C(O)Cc1cccnc1C(F)F. The van der Waals surface area contributed by atoms with E-state index < -0.39 is 24.5 Å². The zero-order valence-electron chi connectivity index (χ0n) is 6.58. The molecule has 1 rings (SSSR count). The van der Waals surface area contributed by atoms with Gasteiger partial charge in [-0.2, -0.15) is 0 Å². The second-order valence-corrected chi connectivity index (χ2v) is 2.42. The molecule has 0 spiro atoms. The van der Waals surface area contributed by atoms with Crippen LogP contribution in [0.5, 0.6) is 0 Å². The van der Waals surface area contributed by atoms with Gasteiger partial charge in [-0.3, -0.25) is 9.78 Å². The van der Waals surface area contributed by atoms with Crippen molar-refractivity contribution in [2.45, 2.75) is 12.8 Å². The van der Waals surface area contributed by atoms with Crippen molar-refractivity contribution in [3.05, 3.63) is 29.6 Å². The summed E-state index contributed by atoms with van der Waals surface area (Å²) in [5.74, 6) is -1.14. The molecule has 1 aromatic rings. The lowest BCUT2D eigenvalue weighted by Crippen LogP contribution is -2.05. The Morgan fingerprint density at radius 3 is 2.85 bits per heavy atom. The van der Waals surface area contributed by atoms with Crippen LogP contribution in [-0.2, 0) is 11.2 Å². The summed E-state index contributed by atoms with van der Waals surface area (Å²) in [4.78, 5) is 13.7. The molecule has 0 aliphatic rings. The van der Waals surface area contributed by atoms with Crippen LogP contribution in [-0.4, -0.2) is 16.1 Å². The third-order valence-electron chi connectivity index (χ3n) is 1.47. The summed E-state index contributed by atoms with van der Waals surface area (Å²) in [7, 11) is 0. The predicted molar refractivity (Wildman–Crippen MR) is 40.5 cm³/mol. The number of carboxylic acid groups (broad SMARTS) is 1. The molecule has 0 aromatic carbocycles. The Morgan fingerprint density at radius 1 is 1.62 bits per heavy atom. The summed E-state index contributed by atoms with van der Waals surface area (Å²) < 4.78 is 24.4. The van der Waals surface area contributed by atoms with Crippen LogP contribution in [0.4, 0.5) is 8.78 Å². The zero-order valence-corrected chi connectivity index (χ0v) is 6.58. The van der Waals surface area contributed by atoms with Gasteiger partial charge < -0.3 is 5.11 Å². The zero-order chi connectivity index (χ0) is 9.84. The molecule has 0 amide bonds. The molecule has 1 N–H and O–H groups in total. The minimum absolute atomic E-state index is 0.0602. The number of halogens is 2.